The van der Waals surface area contributed by atoms with E-state index in [1.54, 1.807) is 4.90 Å². The number of benzene rings is 2. The molecule has 1 aliphatic rings. The molecule has 3 rings (SSSR count). The first kappa shape index (κ1) is 17.1. The van der Waals surface area contributed by atoms with Crippen molar-refractivity contribution in [2.45, 2.75) is 25.4 Å². The van der Waals surface area contributed by atoms with E-state index >= 15 is 0 Å². The van der Waals surface area contributed by atoms with Gasteiger partial charge in [0.25, 0.3) is 0 Å². The SMILES string of the molecule is O=C(Cc1cccc(F)c1F)NC1CCN(Cc2ccccc2)C1=O. The number of halogens is 2. The molecule has 1 fully saturated rings. The van der Waals surface area contributed by atoms with Crippen molar-refractivity contribution in [1.29, 1.82) is 0 Å². The summed E-state index contributed by atoms with van der Waals surface area (Å²) in [6.45, 7) is 1.04. The van der Waals surface area contributed by atoms with Crippen LogP contribution in [0, 0.1) is 11.6 Å². The van der Waals surface area contributed by atoms with Crippen LogP contribution in [0.4, 0.5) is 8.78 Å². The molecule has 2 aromatic rings. The second-order valence-corrected chi connectivity index (χ2v) is 6.04. The first-order valence-electron chi connectivity index (χ1n) is 8.09. The number of carbonyl (C=O) groups excluding carboxylic acids is 2. The van der Waals surface area contributed by atoms with Crippen LogP contribution in [0.1, 0.15) is 17.5 Å². The molecule has 0 saturated carbocycles. The van der Waals surface area contributed by atoms with Crippen LogP contribution in [0.5, 0.6) is 0 Å². The van der Waals surface area contributed by atoms with Gasteiger partial charge in [-0.2, -0.15) is 0 Å². The maximum absolute atomic E-state index is 13.6. The van der Waals surface area contributed by atoms with Crippen molar-refractivity contribution in [3.63, 3.8) is 0 Å². The smallest absolute Gasteiger partial charge is 0.245 e. The van der Waals surface area contributed by atoms with Crippen molar-refractivity contribution >= 4 is 11.8 Å². The number of rotatable bonds is 5. The molecule has 0 aliphatic carbocycles. The third-order valence-electron chi connectivity index (χ3n) is 4.23. The third-order valence-corrected chi connectivity index (χ3v) is 4.23. The second kappa shape index (κ2) is 7.42. The highest BCUT2D eigenvalue weighted by atomic mass is 19.2. The molecule has 0 radical (unpaired) electrons. The van der Waals surface area contributed by atoms with Crippen LogP contribution in [0.3, 0.4) is 0 Å². The summed E-state index contributed by atoms with van der Waals surface area (Å²) in [5, 5.41) is 2.62. The van der Waals surface area contributed by atoms with Crippen LogP contribution in [0.25, 0.3) is 0 Å². The first-order chi connectivity index (χ1) is 12.0. The van der Waals surface area contributed by atoms with Crippen LogP contribution >= 0.6 is 0 Å². The van der Waals surface area contributed by atoms with Gasteiger partial charge in [0, 0.05) is 18.7 Å². The molecule has 0 bridgehead atoms. The maximum atomic E-state index is 13.6. The van der Waals surface area contributed by atoms with Gasteiger partial charge in [0.1, 0.15) is 6.04 Å². The average Bonchev–Trinajstić information content (AvgIpc) is 2.93. The highest BCUT2D eigenvalue weighted by Crippen LogP contribution is 2.16. The van der Waals surface area contributed by atoms with E-state index in [0.717, 1.165) is 11.6 Å². The normalized spacial score (nSPS) is 17.0. The van der Waals surface area contributed by atoms with E-state index in [1.165, 1.54) is 12.1 Å². The van der Waals surface area contributed by atoms with E-state index in [2.05, 4.69) is 5.32 Å². The van der Waals surface area contributed by atoms with Crippen molar-refractivity contribution in [2.24, 2.45) is 0 Å². The number of hydrogen-bond donors (Lipinski definition) is 1. The van der Waals surface area contributed by atoms with E-state index in [1.807, 2.05) is 30.3 Å². The highest BCUT2D eigenvalue weighted by molar-refractivity contribution is 5.89. The second-order valence-electron chi connectivity index (χ2n) is 6.04. The van der Waals surface area contributed by atoms with E-state index in [-0.39, 0.29) is 17.9 Å². The predicted octanol–water partition coefficient (Wildman–Crippen LogP) is 2.42. The molecule has 1 heterocycles. The fourth-order valence-electron chi connectivity index (χ4n) is 2.94. The summed E-state index contributed by atoms with van der Waals surface area (Å²) in [5.74, 6) is -2.67. The molecule has 1 atom stereocenters. The van der Waals surface area contributed by atoms with E-state index < -0.39 is 23.6 Å². The van der Waals surface area contributed by atoms with Crippen molar-refractivity contribution < 1.29 is 18.4 Å². The Labute approximate surface area is 144 Å². The lowest BCUT2D eigenvalue weighted by atomic mass is 10.1. The van der Waals surface area contributed by atoms with E-state index in [4.69, 9.17) is 0 Å². The molecule has 6 heteroatoms. The Morgan fingerprint density at radius 1 is 1.12 bits per heavy atom. The van der Waals surface area contributed by atoms with Gasteiger partial charge in [-0.25, -0.2) is 8.78 Å². The summed E-state index contributed by atoms with van der Waals surface area (Å²) in [6.07, 6.45) is 0.203. The molecule has 2 amide bonds. The Kier molecular flexibility index (Phi) is 5.07. The Morgan fingerprint density at radius 3 is 2.64 bits per heavy atom. The summed E-state index contributed by atoms with van der Waals surface area (Å²) >= 11 is 0. The van der Waals surface area contributed by atoms with Crippen molar-refractivity contribution in [2.75, 3.05) is 6.54 Å². The predicted molar refractivity (Wildman–Crippen MR) is 88.5 cm³/mol. The van der Waals surface area contributed by atoms with Gasteiger partial charge >= 0.3 is 0 Å². The summed E-state index contributed by atoms with van der Waals surface area (Å²) in [6, 6.07) is 12.7. The molecule has 1 aliphatic heterocycles. The minimum atomic E-state index is -1.03. The molecule has 25 heavy (non-hydrogen) atoms. The molecule has 0 spiro atoms. The van der Waals surface area contributed by atoms with Crippen LogP contribution in [0.15, 0.2) is 48.5 Å². The standard InChI is InChI=1S/C19H18F2N2O2/c20-15-8-4-7-14(18(15)21)11-17(24)22-16-9-10-23(19(16)25)12-13-5-2-1-3-6-13/h1-8,16H,9-12H2,(H,22,24). The zero-order valence-electron chi connectivity index (χ0n) is 13.5. The summed E-state index contributed by atoms with van der Waals surface area (Å²) in [7, 11) is 0. The van der Waals surface area contributed by atoms with Gasteiger partial charge in [-0.1, -0.05) is 42.5 Å². The Hall–Kier alpha value is -2.76. The van der Waals surface area contributed by atoms with Gasteiger partial charge < -0.3 is 10.2 Å². The summed E-state index contributed by atoms with van der Waals surface area (Å²) < 4.78 is 26.8. The number of likely N-dealkylation sites (tertiary alicyclic amines) is 1. The lowest BCUT2D eigenvalue weighted by molar-refractivity contribution is -0.132. The Bertz CT molecular complexity index is 780. The monoisotopic (exact) mass is 344 g/mol. The highest BCUT2D eigenvalue weighted by Gasteiger charge is 2.32. The molecule has 1 N–H and O–H groups in total. The van der Waals surface area contributed by atoms with Crippen molar-refractivity contribution in [3.05, 3.63) is 71.3 Å². The minimum Gasteiger partial charge on any atom is -0.344 e. The zero-order valence-corrected chi connectivity index (χ0v) is 13.5. The van der Waals surface area contributed by atoms with Gasteiger partial charge in [-0.15, -0.1) is 0 Å². The Morgan fingerprint density at radius 2 is 1.88 bits per heavy atom. The molecule has 4 nitrogen and oxygen atoms in total. The summed E-state index contributed by atoms with van der Waals surface area (Å²) in [4.78, 5) is 26.2. The molecular formula is C19H18F2N2O2. The topological polar surface area (TPSA) is 49.4 Å². The Balaban J connectivity index is 1.57. The molecule has 0 aromatic heterocycles. The molecule has 2 aromatic carbocycles. The molecule has 1 saturated heterocycles. The number of nitrogens with one attached hydrogen (secondary N) is 1. The van der Waals surface area contributed by atoms with Gasteiger partial charge in [0.15, 0.2) is 11.6 Å². The van der Waals surface area contributed by atoms with Crippen LogP contribution in [-0.2, 0) is 22.6 Å². The quantitative estimate of drug-likeness (QED) is 0.906. The number of amides is 2. The van der Waals surface area contributed by atoms with Crippen molar-refractivity contribution in [3.8, 4) is 0 Å². The lowest BCUT2D eigenvalue weighted by Crippen LogP contribution is -2.42. The maximum Gasteiger partial charge on any atom is 0.245 e. The number of carbonyl (C=O) groups is 2. The third kappa shape index (κ3) is 4.02. The first-order valence-corrected chi connectivity index (χ1v) is 8.09. The fraction of sp³-hybridized carbons (Fsp3) is 0.263. The van der Waals surface area contributed by atoms with Crippen LogP contribution < -0.4 is 5.32 Å². The summed E-state index contributed by atoms with van der Waals surface area (Å²) in [5.41, 5.74) is 0.994. The minimum absolute atomic E-state index is 0.0240. The van der Waals surface area contributed by atoms with Gasteiger partial charge in [0.2, 0.25) is 11.8 Å². The van der Waals surface area contributed by atoms with Gasteiger partial charge in [-0.05, 0) is 18.1 Å². The average molecular weight is 344 g/mol. The van der Waals surface area contributed by atoms with E-state index in [0.29, 0.717) is 19.5 Å². The largest absolute Gasteiger partial charge is 0.344 e. The van der Waals surface area contributed by atoms with E-state index in [9.17, 15) is 18.4 Å². The van der Waals surface area contributed by atoms with Crippen LogP contribution in [0.2, 0.25) is 0 Å². The van der Waals surface area contributed by atoms with Crippen molar-refractivity contribution in [1.82, 2.24) is 10.2 Å². The van der Waals surface area contributed by atoms with Crippen LogP contribution in [-0.4, -0.2) is 29.3 Å². The fourth-order valence-corrected chi connectivity index (χ4v) is 2.94. The number of nitrogens with zero attached hydrogens (tertiary/aromatic N) is 1. The molecular weight excluding hydrogens is 326 g/mol. The van der Waals surface area contributed by atoms with Gasteiger partial charge in [-0.3, -0.25) is 9.59 Å². The molecule has 130 valence electrons. The molecule has 1 unspecified atom stereocenters. The van der Waals surface area contributed by atoms with Gasteiger partial charge in [0.05, 0.1) is 6.42 Å². The zero-order chi connectivity index (χ0) is 17.8. The number of hydrogen-bond acceptors (Lipinski definition) is 2. The lowest BCUT2D eigenvalue weighted by Gasteiger charge is -2.17.